The van der Waals surface area contributed by atoms with Crippen molar-refractivity contribution in [2.24, 2.45) is 0 Å². The molecule has 1 rings (SSSR count). The molecule has 0 aromatic rings. The maximum absolute atomic E-state index is 11.1. The van der Waals surface area contributed by atoms with E-state index in [9.17, 15) is 4.79 Å². The van der Waals surface area contributed by atoms with Crippen LogP contribution in [0.2, 0.25) is 0 Å². The van der Waals surface area contributed by atoms with Gasteiger partial charge in [0.05, 0.1) is 12.6 Å². The molecular weight excluding hydrogens is 164 g/mol. The highest BCUT2D eigenvalue weighted by Crippen LogP contribution is 2.07. The smallest absolute Gasteiger partial charge is 0.146 e. The minimum Gasteiger partial charge on any atom is -0.298 e. The number of hydrogen-bond acceptors (Lipinski definition) is 3. The first-order chi connectivity index (χ1) is 6.33. The van der Waals surface area contributed by atoms with Gasteiger partial charge in [-0.1, -0.05) is 0 Å². The molecule has 72 valence electrons. The van der Waals surface area contributed by atoms with E-state index in [-0.39, 0.29) is 0 Å². The van der Waals surface area contributed by atoms with E-state index in [1.54, 1.807) is 0 Å². The molecule has 0 amide bonds. The van der Waals surface area contributed by atoms with Crippen molar-refractivity contribution in [3.05, 3.63) is 0 Å². The number of Topliss-reactive ketones (excluding diaryl/α,β-unsaturated/α-hetero) is 1. The second-order valence-corrected chi connectivity index (χ2v) is 3.53. The van der Waals surface area contributed by atoms with Gasteiger partial charge in [-0.2, -0.15) is 5.26 Å². The van der Waals surface area contributed by atoms with E-state index in [0.717, 1.165) is 38.8 Å². The molecule has 0 bridgehead atoms. The number of carbonyl (C=O) groups is 1. The summed E-state index contributed by atoms with van der Waals surface area (Å²) in [5, 5.41) is 8.33. The Kier molecular flexibility index (Phi) is 4.48. The molecule has 3 heteroatoms. The molecule has 0 N–H and O–H groups in total. The van der Waals surface area contributed by atoms with Crippen molar-refractivity contribution >= 4 is 5.78 Å². The molecule has 0 radical (unpaired) electrons. The van der Waals surface area contributed by atoms with Gasteiger partial charge in [0.1, 0.15) is 5.78 Å². The van der Waals surface area contributed by atoms with Crippen LogP contribution >= 0.6 is 0 Å². The predicted octanol–water partition coefficient (Wildman–Crippen LogP) is 1.35. The molecule has 13 heavy (non-hydrogen) atoms. The van der Waals surface area contributed by atoms with E-state index in [4.69, 9.17) is 5.26 Å². The average molecular weight is 180 g/mol. The molecule has 0 aliphatic carbocycles. The third-order valence-electron chi connectivity index (χ3n) is 2.34. The fourth-order valence-electron chi connectivity index (χ4n) is 1.64. The Morgan fingerprint density at radius 1 is 1.46 bits per heavy atom. The van der Waals surface area contributed by atoms with Crippen LogP contribution in [-0.2, 0) is 4.79 Å². The molecule has 0 saturated carbocycles. The first kappa shape index (κ1) is 10.2. The lowest BCUT2D eigenvalue weighted by atomic mass is 10.1. The number of rotatable bonds is 4. The number of unbranched alkanes of at least 4 members (excludes halogenated alkanes) is 2. The summed E-state index contributed by atoms with van der Waals surface area (Å²) in [4.78, 5) is 13.3. The van der Waals surface area contributed by atoms with Crippen LogP contribution in [0, 0.1) is 11.3 Å². The highest BCUT2D eigenvalue weighted by molar-refractivity contribution is 5.81. The number of carbonyl (C=O) groups excluding carboxylic acids is 1. The number of nitriles is 1. The predicted molar refractivity (Wildman–Crippen MR) is 50.1 cm³/mol. The van der Waals surface area contributed by atoms with Gasteiger partial charge in [0.2, 0.25) is 0 Å². The van der Waals surface area contributed by atoms with Gasteiger partial charge >= 0.3 is 0 Å². The Bertz CT molecular complexity index is 207. The van der Waals surface area contributed by atoms with Crippen molar-refractivity contribution in [2.75, 3.05) is 19.6 Å². The van der Waals surface area contributed by atoms with Crippen molar-refractivity contribution in [3.8, 4) is 6.07 Å². The minimum absolute atomic E-state index is 0.367. The molecule has 1 fully saturated rings. The molecule has 1 aliphatic heterocycles. The van der Waals surface area contributed by atoms with Crippen LogP contribution in [0.1, 0.15) is 32.1 Å². The van der Waals surface area contributed by atoms with Crippen LogP contribution in [0.3, 0.4) is 0 Å². The normalized spacial score (nSPS) is 18.5. The molecule has 3 nitrogen and oxygen atoms in total. The zero-order valence-electron chi connectivity index (χ0n) is 7.96. The van der Waals surface area contributed by atoms with Gasteiger partial charge in [0.25, 0.3) is 0 Å². The Balaban J connectivity index is 2.07. The van der Waals surface area contributed by atoms with Gasteiger partial charge < -0.3 is 0 Å². The molecule has 1 heterocycles. The van der Waals surface area contributed by atoms with Crippen LogP contribution in [0.15, 0.2) is 0 Å². The van der Waals surface area contributed by atoms with Crippen LogP contribution in [0.4, 0.5) is 0 Å². The van der Waals surface area contributed by atoms with E-state index in [2.05, 4.69) is 11.0 Å². The van der Waals surface area contributed by atoms with Crippen LogP contribution in [0.5, 0.6) is 0 Å². The molecule has 0 aromatic carbocycles. The lowest BCUT2D eigenvalue weighted by Crippen LogP contribution is -2.36. The molecule has 1 saturated heterocycles. The standard InChI is InChI=1S/C10H16N2O/c11-6-2-1-3-7-12-8-4-5-10(13)9-12/h1-5,7-9H2. The first-order valence-electron chi connectivity index (χ1n) is 4.94. The summed E-state index contributed by atoms with van der Waals surface area (Å²) in [7, 11) is 0. The summed E-state index contributed by atoms with van der Waals surface area (Å²) >= 11 is 0. The second-order valence-electron chi connectivity index (χ2n) is 3.53. The van der Waals surface area contributed by atoms with Crippen LogP contribution in [0.25, 0.3) is 0 Å². The van der Waals surface area contributed by atoms with Crippen molar-refractivity contribution in [1.82, 2.24) is 4.90 Å². The molecule has 0 unspecified atom stereocenters. The number of ketones is 1. The molecule has 1 aliphatic rings. The maximum atomic E-state index is 11.1. The number of piperidine rings is 1. The number of likely N-dealkylation sites (tertiary alicyclic amines) is 1. The minimum atomic E-state index is 0.367. The largest absolute Gasteiger partial charge is 0.298 e. The highest BCUT2D eigenvalue weighted by atomic mass is 16.1. The SMILES string of the molecule is N#CCCCCN1CCCC(=O)C1. The molecular formula is C10H16N2O. The van der Waals surface area contributed by atoms with Gasteiger partial charge in [-0.3, -0.25) is 9.69 Å². The third-order valence-corrected chi connectivity index (χ3v) is 2.34. The average Bonchev–Trinajstić information content (AvgIpc) is 2.13. The van der Waals surface area contributed by atoms with Gasteiger partial charge in [-0.25, -0.2) is 0 Å². The Labute approximate surface area is 79.3 Å². The van der Waals surface area contributed by atoms with E-state index < -0.39 is 0 Å². The van der Waals surface area contributed by atoms with E-state index in [1.807, 2.05) is 0 Å². The van der Waals surface area contributed by atoms with Crippen molar-refractivity contribution in [2.45, 2.75) is 32.1 Å². The first-order valence-corrected chi connectivity index (χ1v) is 4.94. The van der Waals surface area contributed by atoms with Gasteiger partial charge in [0.15, 0.2) is 0 Å². The quantitative estimate of drug-likeness (QED) is 0.613. The summed E-state index contributed by atoms with van der Waals surface area (Å²) < 4.78 is 0. The van der Waals surface area contributed by atoms with Gasteiger partial charge in [-0.15, -0.1) is 0 Å². The zero-order valence-corrected chi connectivity index (χ0v) is 7.96. The van der Waals surface area contributed by atoms with Crippen molar-refractivity contribution in [1.29, 1.82) is 5.26 Å². The Hall–Kier alpha value is -0.880. The van der Waals surface area contributed by atoms with Crippen LogP contribution in [-0.4, -0.2) is 30.3 Å². The monoisotopic (exact) mass is 180 g/mol. The van der Waals surface area contributed by atoms with E-state index in [1.165, 1.54) is 0 Å². The van der Waals surface area contributed by atoms with Gasteiger partial charge in [0, 0.05) is 12.8 Å². The topological polar surface area (TPSA) is 44.1 Å². The second kappa shape index (κ2) is 5.71. The summed E-state index contributed by atoms with van der Waals surface area (Å²) in [6, 6.07) is 2.13. The number of nitrogens with zero attached hydrogens (tertiary/aromatic N) is 2. The lowest BCUT2D eigenvalue weighted by Gasteiger charge is -2.25. The van der Waals surface area contributed by atoms with Crippen molar-refractivity contribution < 1.29 is 4.79 Å². The fourth-order valence-corrected chi connectivity index (χ4v) is 1.64. The summed E-state index contributed by atoms with van der Waals surface area (Å²) in [6.07, 6.45) is 4.41. The van der Waals surface area contributed by atoms with E-state index in [0.29, 0.717) is 18.7 Å². The number of hydrogen-bond donors (Lipinski definition) is 0. The third kappa shape index (κ3) is 4.05. The highest BCUT2D eigenvalue weighted by Gasteiger charge is 2.15. The molecule has 0 aromatic heterocycles. The summed E-state index contributed by atoms with van der Waals surface area (Å²) in [5.41, 5.74) is 0. The Morgan fingerprint density at radius 3 is 3.00 bits per heavy atom. The fraction of sp³-hybridized carbons (Fsp3) is 0.800. The van der Waals surface area contributed by atoms with E-state index >= 15 is 0 Å². The Morgan fingerprint density at radius 2 is 2.31 bits per heavy atom. The van der Waals surface area contributed by atoms with Crippen molar-refractivity contribution in [3.63, 3.8) is 0 Å². The molecule has 0 spiro atoms. The zero-order chi connectivity index (χ0) is 9.52. The maximum Gasteiger partial charge on any atom is 0.146 e. The lowest BCUT2D eigenvalue weighted by molar-refractivity contribution is -0.122. The molecule has 0 atom stereocenters. The summed E-state index contributed by atoms with van der Waals surface area (Å²) in [5.74, 6) is 0.367. The van der Waals surface area contributed by atoms with Crippen LogP contribution < -0.4 is 0 Å². The summed E-state index contributed by atoms with van der Waals surface area (Å²) in [6.45, 7) is 2.66. The van der Waals surface area contributed by atoms with Gasteiger partial charge in [-0.05, 0) is 32.4 Å².